The van der Waals surface area contributed by atoms with Gasteiger partial charge in [0.2, 0.25) is 20.0 Å². The number of nitro benzene ring substituents is 1. The first-order chi connectivity index (χ1) is 27.2. The molecule has 0 radical (unpaired) electrons. The van der Waals surface area contributed by atoms with Crippen LogP contribution in [0.3, 0.4) is 0 Å². The molecule has 0 bridgehead atoms. The second kappa shape index (κ2) is 16.6. The molecule has 6 aromatic carbocycles. The number of non-ortho nitro benzene ring substituents is 1. The molecule has 300 valence electrons. The van der Waals surface area contributed by atoms with Crippen LogP contribution in [0.25, 0.3) is 21.5 Å². The molecule has 2 aliphatic rings. The average Bonchev–Trinajstić information content (AvgIpc) is 3.72. The molecule has 0 fully saturated rings. The van der Waals surface area contributed by atoms with Gasteiger partial charge in [0, 0.05) is 86.7 Å². The summed E-state index contributed by atoms with van der Waals surface area (Å²) in [5.74, 6) is -0.546. The van der Waals surface area contributed by atoms with E-state index in [1.165, 1.54) is 42.5 Å². The third-order valence-electron chi connectivity index (χ3n) is 9.39. The molecule has 2 atom stereocenters. The summed E-state index contributed by atoms with van der Waals surface area (Å²) in [6.45, 7) is -0.518. The van der Waals surface area contributed by atoms with Gasteiger partial charge in [0.15, 0.2) is 0 Å². The lowest BCUT2D eigenvalue weighted by Crippen LogP contribution is -2.28. The highest BCUT2D eigenvalue weighted by Gasteiger charge is 2.28. The molecule has 8 rings (SSSR count). The summed E-state index contributed by atoms with van der Waals surface area (Å²) in [6, 6.07) is 27.6. The van der Waals surface area contributed by atoms with Crippen LogP contribution in [0.15, 0.2) is 119 Å². The first-order valence-electron chi connectivity index (χ1n) is 17.0. The molecule has 58 heavy (non-hydrogen) atoms. The molecule has 0 saturated heterocycles. The van der Waals surface area contributed by atoms with Crippen LogP contribution in [0.2, 0.25) is 0 Å². The molecule has 2 heterocycles. The summed E-state index contributed by atoms with van der Waals surface area (Å²) in [5.41, 5.74) is 3.40. The molecule has 2 unspecified atom stereocenters. The Morgan fingerprint density at radius 2 is 1.05 bits per heavy atom. The zero-order valence-electron chi connectivity index (χ0n) is 29.7. The predicted molar refractivity (Wildman–Crippen MR) is 220 cm³/mol. The molecular weight excluding hydrogens is 835 g/mol. The molecule has 7 N–H and O–H groups in total. The molecule has 2 aliphatic heterocycles. The van der Waals surface area contributed by atoms with E-state index in [2.05, 4.69) is 24.9 Å². The van der Waals surface area contributed by atoms with Gasteiger partial charge >= 0.3 is 0 Å². The van der Waals surface area contributed by atoms with E-state index in [0.717, 1.165) is 0 Å². The first kappa shape index (κ1) is 41.9. The van der Waals surface area contributed by atoms with Crippen LogP contribution in [-0.2, 0) is 20.0 Å². The average molecular weight is 868 g/mol. The standard InChI is InChI=1S/C19H16ClN3O4S.C19H15N3O6S.ClH/c20-23-12-6-4-11(5-7-12)16(24)10-21-28(26,27)17-9-8-15-18-13(17)2-1-3-14(18)19(25)22-15;23-16(11-4-6-12(7-5-11)22(25)26)10-20-29(27,28)17-9-8-15-18-13(17)2-1-3-14(18)19(24)21-15;/h1-9,16,21,23-24H,10H2,(H,22,25);1-9,16,20,23H,10H2,(H,21,24);1H. The van der Waals surface area contributed by atoms with Crippen molar-refractivity contribution in [3.8, 4) is 0 Å². The van der Waals surface area contributed by atoms with Crippen molar-refractivity contribution in [2.45, 2.75) is 22.0 Å². The molecule has 0 aromatic heterocycles. The van der Waals surface area contributed by atoms with Gasteiger partial charge in [0.05, 0.1) is 26.9 Å². The van der Waals surface area contributed by atoms with Crippen LogP contribution in [0.5, 0.6) is 0 Å². The van der Waals surface area contributed by atoms with Crippen molar-refractivity contribution in [3.05, 3.63) is 142 Å². The van der Waals surface area contributed by atoms with Crippen LogP contribution < -0.4 is 24.9 Å². The fourth-order valence-electron chi connectivity index (χ4n) is 6.55. The number of sulfonamides is 2. The quantitative estimate of drug-likeness (QED) is 0.0445. The summed E-state index contributed by atoms with van der Waals surface area (Å²) in [6.07, 6.45) is -2.22. The van der Waals surface area contributed by atoms with Gasteiger partial charge in [0.25, 0.3) is 17.5 Å². The number of aliphatic hydroxyl groups excluding tert-OH is 2. The smallest absolute Gasteiger partial charge is 0.269 e. The van der Waals surface area contributed by atoms with Crippen molar-refractivity contribution in [1.29, 1.82) is 0 Å². The number of nitro groups is 1. The van der Waals surface area contributed by atoms with Crippen molar-refractivity contribution < 1.29 is 41.6 Å². The normalized spacial score (nSPS) is 13.8. The number of hydrogen-bond donors (Lipinski definition) is 7. The second-order valence-corrected chi connectivity index (χ2v) is 16.5. The van der Waals surface area contributed by atoms with Crippen molar-refractivity contribution in [2.24, 2.45) is 0 Å². The number of carbonyl (C=O) groups is 2. The SMILES string of the molecule is Cl.O=C1Nc2ccc(S(=O)(=O)NCC(O)c3ccc(NCl)cc3)c3cccc1c23.O=C1Nc2ccc(S(=O)(=O)NCC(O)c3ccc([N+](=O)[O-])cc3)c3cccc1c23. The van der Waals surface area contributed by atoms with Gasteiger partial charge < -0.3 is 20.8 Å². The minimum Gasteiger partial charge on any atom is -0.387 e. The Morgan fingerprint density at radius 3 is 1.45 bits per heavy atom. The van der Waals surface area contributed by atoms with Gasteiger partial charge in [-0.3, -0.25) is 24.5 Å². The highest BCUT2D eigenvalue weighted by Crippen LogP contribution is 2.38. The van der Waals surface area contributed by atoms with Crippen LogP contribution >= 0.6 is 24.2 Å². The first-order valence-corrected chi connectivity index (χ1v) is 20.3. The Morgan fingerprint density at radius 1 is 0.638 bits per heavy atom. The summed E-state index contributed by atoms with van der Waals surface area (Å²) in [4.78, 5) is 36.6. The number of halogens is 2. The van der Waals surface area contributed by atoms with E-state index in [9.17, 15) is 46.8 Å². The number of hydrogen-bond acceptors (Lipinski definition) is 11. The fraction of sp³-hybridized carbons (Fsp3) is 0.105. The number of aliphatic hydroxyl groups is 2. The Bertz CT molecular complexity index is 2830. The second-order valence-electron chi connectivity index (χ2n) is 12.9. The third-order valence-corrected chi connectivity index (χ3v) is 12.6. The van der Waals surface area contributed by atoms with Crippen LogP contribution in [0.1, 0.15) is 44.1 Å². The zero-order chi connectivity index (χ0) is 40.6. The monoisotopic (exact) mass is 866 g/mol. The number of rotatable bonds is 12. The Kier molecular flexibility index (Phi) is 12.0. The van der Waals surface area contributed by atoms with Gasteiger partial charge in [-0.2, -0.15) is 0 Å². The van der Waals surface area contributed by atoms with E-state index >= 15 is 0 Å². The molecule has 0 spiro atoms. The van der Waals surface area contributed by atoms with Gasteiger partial charge in [0.1, 0.15) is 0 Å². The van der Waals surface area contributed by atoms with E-state index in [0.29, 0.717) is 60.9 Å². The lowest BCUT2D eigenvalue weighted by atomic mass is 10.1. The van der Waals surface area contributed by atoms with Crippen LogP contribution in [0.4, 0.5) is 22.7 Å². The van der Waals surface area contributed by atoms with Crippen LogP contribution in [-0.4, -0.2) is 56.9 Å². The Balaban J connectivity index is 0.000000192. The van der Waals surface area contributed by atoms with Crippen molar-refractivity contribution in [1.82, 2.24) is 9.44 Å². The lowest BCUT2D eigenvalue weighted by molar-refractivity contribution is -0.384. The largest absolute Gasteiger partial charge is 0.387 e. The molecule has 20 heteroatoms. The summed E-state index contributed by atoms with van der Waals surface area (Å²) in [5, 5.41) is 38.6. The van der Waals surface area contributed by atoms with E-state index in [4.69, 9.17) is 11.8 Å². The summed E-state index contributed by atoms with van der Waals surface area (Å²) >= 11 is 5.50. The summed E-state index contributed by atoms with van der Waals surface area (Å²) in [7, 11) is -7.90. The minimum atomic E-state index is -3.99. The topological polar surface area (TPSA) is 246 Å². The van der Waals surface area contributed by atoms with Crippen molar-refractivity contribution >= 4 is 100 Å². The molecule has 6 aromatic rings. The number of nitrogens with one attached hydrogen (secondary N) is 5. The number of anilines is 3. The van der Waals surface area contributed by atoms with Gasteiger partial charge in [-0.05, 0) is 71.8 Å². The zero-order valence-corrected chi connectivity index (χ0v) is 32.9. The third kappa shape index (κ3) is 8.17. The molecule has 0 aliphatic carbocycles. The highest BCUT2D eigenvalue weighted by molar-refractivity contribution is 7.90. The van der Waals surface area contributed by atoms with E-state index in [1.807, 2.05) is 0 Å². The number of carbonyl (C=O) groups excluding carboxylic acids is 2. The summed E-state index contributed by atoms with van der Waals surface area (Å²) < 4.78 is 56.2. The van der Waals surface area contributed by atoms with Crippen LogP contribution in [0, 0.1) is 10.1 Å². The molecule has 16 nitrogen and oxygen atoms in total. The minimum absolute atomic E-state index is 0. The van der Waals surface area contributed by atoms with Crippen molar-refractivity contribution in [2.75, 3.05) is 28.6 Å². The van der Waals surface area contributed by atoms with E-state index in [-0.39, 0.29) is 52.8 Å². The Labute approximate surface area is 342 Å². The maximum atomic E-state index is 12.9. The Hall–Kier alpha value is -5.70. The van der Waals surface area contributed by atoms with Gasteiger partial charge in [-0.1, -0.05) is 36.4 Å². The fourth-order valence-corrected chi connectivity index (χ4v) is 9.15. The highest BCUT2D eigenvalue weighted by atomic mass is 35.5. The maximum absolute atomic E-state index is 12.9. The number of amides is 2. The maximum Gasteiger partial charge on any atom is 0.269 e. The predicted octanol–water partition coefficient (Wildman–Crippen LogP) is 5.73. The molecule has 0 saturated carbocycles. The van der Waals surface area contributed by atoms with E-state index in [1.54, 1.807) is 66.7 Å². The molecule has 2 amide bonds. The van der Waals surface area contributed by atoms with Gasteiger partial charge in [-0.25, -0.2) is 26.3 Å². The van der Waals surface area contributed by atoms with Gasteiger partial charge in [-0.15, -0.1) is 12.4 Å². The number of nitrogens with zero attached hydrogens (tertiary/aromatic N) is 1. The van der Waals surface area contributed by atoms with Crippen molar-refractivity contribution in [3.63, 3.8) is 0 Å². The molecular formula is C38H32Cl2N6O10S2. The van der Waals surface area contributed by atoms with E-state index < -0.39 is 37.2 Å². The number of benzene rings is 6. The lowest BCUT2D eigenvalue weighted by Gasteiger charge is -2.14.